The Bertz CT molecular complexity index is 90.7. The van der Waals surface area contributed by atoms with Gasteiger partial charge in [0.1, 0.15) is 6.07 Å². The Morgan fingerprint density at radius 2 is 2.29 bits per heavy atom. The molecule has 0 amide bonds. The number of nitrogens with zero attached hydrogens (tertiary/aromatic N) is 1. The quantitative estimate of drug-likeness (QED) is 0.492. The summed E-state index contributed by atoms with van der Waals surface area (Å²) < 4.78 is 12.2. The first-order chi connectivity index (χ1) is 3.12. The van der Waals surface area contributed by atoms with Crippen LogP contribution in [0.2, 0.25) is 0 Å². The van der Waals surface area contributed by atoms with Crippen molar-refractivity contribution in [3.05, 3.63) is 0 Å². The molecule has 0 rings (SSSR count). The highest BCUT2D eigenvalue weighted by molar-refractivity contribution is 4.95. The molecule has 0 aromatic heterocycles. The molecule has 0 saturated carbocycles. The van der Waals surface area contributed by atoms with Crippen molar-refractivity contribution in [2.45, 2.75) is 25.9 Å². The number of hydrogen-bond acceptors (Lipinski definition) is 1. The maximum Gasteiger partial charge on any atom is 0.193 e. The number of nitriles is 1. The van der Waals surface area contributed by atoms with Gasteiger partial charge in [0, 0.05) is 0 Å². The predicted octanol–water partition coefficient (Wildman–Crippen LogP) is 1.65. The van der Waals surface area contributed by atoms with Gasteiger partial charge in [-0.25, -0.2) is 4.39 Å². The van der Waals surface area contributed by atoms with Gasteiger partial charge in [-0.15, -0.1) is 0 Å². The third-order valence-corrected chi connectivity index (χ3v) is 0.897. The van der Waals surface area contributed by atoms with Crippen LogP contribution in [0.1, 0.15) is 20.3 Å². The summed E-state index contributed by atoms with van der Waals surface area (Å²) in [5, 5.41) is 7.97. The molecular formula is C5H8FN. The molecule has 0 radical (unpaired) electrons. The molecule has 1 atom stereocenters. The normalized spacial score (nSPS) is 17.4. The number of rotatable bonds is 1. The molecule has 1 nitrogen and oxygen atoms in total. The minimum Gasteiger partial charge on any atom is -0.228 e. The summed E-state index contributed by atoms with van der Waals surface area (Å²) in [6.07, 6.45) is 0.267. The molecule has 0 aliphatic carbocycles. The maximum atomic E-state index is 12.2. The zero-order chi connectivity index (χ0) is 5.91. The van der Waals surface area contributed by atoms with Crippen LogP contribution in [-0.2, 0) is 0 Å². The van der Waals surface area contributed by atoms with Crippen molar-refractivity contribution < 1.29 is 4.39 Å². The molecule has 0 fully saturated rings. The van der Waals surface area contributed by atoms with E-state index in [0.717, 1.165) is 0 Å². The van der Waals surface area contributed by atoms with E-state index >= 15 is 0 Å². The Balaban J connectivity index is 3.66. The highest BCUT2D eigenvalue weighted by Crippen LogP contribution is 2.11. The van der Waals surface area contributed by atoms with E-state index < -0.39 is 5.67 Å². The minimum atomic E-state index is -1.61. The van der Waals surface area contributed by atoms with E-state index in [2.05, 4.69) is 0 Å². The molecule has 0 saturated heterocycles. The smallest absolute Gasteiger partial charge is 0.193 e. The number of hydrogen-bond donors (Lipinski definition) is 0. The monoisotopic (exact) mass is 101 g/mol. The largest absolute Gasteiger partial charge is 0.228 e. The topological polar surface area (TPSA) is 23.8 Å². The van der Waals surface area contributed by atoms with Gasteiger partial charge in [-0.3, -0.25) is 0 Å². The Hall–Kier alpha value is -0.580. The van der Waals surface area contributed by atoms with E-state index in [1.54, 1.807) is 6.92 Å². The van der Waals surface area contributed by atoms with Gasteiger partial charge >= 0.3 is 0 Å². The first kappa shape index (κ1) is 6.42. The second kappa shape index (κ2) is 1.92. The van der Waals surface area contributed by atoms with Crippen molar-refractivity contribution in [3.8, 4) is 6.07 Å². The van der Waals surface area contributed by atoms with Crippen molar-refractivity contribution >= 4 is 0 Å². The second-order valence-corrected chi connectivity index (χ2v) is 1.66. The molecule has 1 unspecified atom stereocenters. The van der Waals surface area contributed by atoms with Gasteiger partial charge in [0.25, 0.3) is 0 Å². The minimum absolute atomic E-state index is 0.267. The van der Waals surface area contributed by atoms with Crippen LogP contribution in [0.25, 0.3) is 0 Å². The molecular weight excluding hydrogens is 93.1 g/mol. The summed E-state index contributed by atoms with van der Waals surface area (Å²) in [6.45, 7) is 2.91. The van der Waals surface area contributed by atoms with Gasteiger partial charge in [0.15, 0.2) is 5.67 Å². The Morgan fingerprint density at radius 3 is 2.29 bits per heavy atom. The van der Waals surface area contributed by atoms with Gasteiger partial charge < -0.3 is 0 Å². The fourth-order valence-corrected chi connectivity index (χ4v) is 0.0791. The molecule has 0 aromatic carbocycles. The molecule has 0 N–H and O–H groups in total. The van der Waals surface area contributed by atoms with Crippen LogP contribution in [-0.4, -0.2) is 5.67 Å². The highest BCUT2D eigenvalue weighted by Gasteiger charge is 2.17. The lowest BCUT2D eigenvalue weighted by Gasteiger charge is -2.03. The summed E-state index contributed by atoms with van der Waals surface area (Å²) >= 11 is 0. The summed E-state index contributed by atoms with van der Waals surface area (Å²) in [6, 6.07) is 1.52. The summed E-state index contributed by atoms with van der Waals surface area (Å²) in [7, 11) is 0. The fourth-order valence-electron chi connectivity index (χ4n) is 0.0791. The standard InChI is InChI=1S/C5H8FN/c1-3-5(2,6)4-7/h3H2,1-2H3. The highest BCUT2D eigenvalue weighted by atomic mass is 19.1. The second-order valence-electron chi connectivity index (χ2n) is 1.66. The fraction of sp³-hybridized carbons (Fsp3) is 0.800. The van der Waals surface area contributed by atoms with E-state index in [1.165, 1.54) is 13.0 Å². The lowest BCUT2D eigenvalue weighted by molar-refractivity contribution is 0.260. The average molecular weight is 101 g/mol. The van der Waals surface area contributed by atoms with Gasteiger partial charge in [-0.05, 0) is 13.3 Å². The van der Waals surface area contributed by atoms with E-state index in [9.17, 15) is 4.39 Å². The van der Waals surface area contributed by atoms with Crippen LogP contribution in [0, 0.1) is 11.3 Å². The molecule has 0 aromatic rings. The summed E-state index contributed by atoms with van der Waals surface area (Å²) in [5.74, 6) is 0. The Labute approximate surface area is 42.8 Å². The van der Waals surface area contributed by atoms with Crippen molar-refractivity contribution in [1.82, 2.24) is 0 Å². The summed E-state index contributed by atoms with van der Waals surface area (Å²) in [5.41, 5.74) is -1.61. The van der Waals surface area contributed by atoms with E-state index in [0.29, 0.717) is 0 Å². The van der Waals surface area contributed by atoms with E-state index in [1.807, 2.05) is 0 Å². The molecule has 0 spiro atoms. The van der Waals surface area contributed by atoms with Gasteiger partial charge in [-0.2, -0.15) is 5.26 Å². The number of alkyl halides is 1. The van der Waals surface area contributed by atoms with Gasteiger partial charge in [0.05, 0.1) is 0 Å². The molecule has 0 bridgehead atoms. The van der Waals surface area contributed by atoms with Crippen LogP contribution in [0.15, 0.2) is 0 Å². The lowest BCUT2D eigenvalue weighted by Crippen LogP contribution is -2.11. The van der Waals surface area contributed by atoms with Crippen LogP contribution in [0.3, 0.4) is 0 Å². The van der Waals surface area contributed by atoms with Gasteiger partial charge in [-0.1, -0.05) is 6.92 Å². The van der Waals surface area contributed by atoms with Crippen molar-refractivity contribution in [2.75, 3.05) is 0 Å². The van der Waals surface area contributed by atoms with E-state index in [4.69, 9.17) is 5.26 Å². The summed E-state index contributed by atoms with van der Waals surface area (Å²) in [4.78, 5) is 0. The third-order valence-electron chi connectivity index (χ3n) is 0.897. The van der Waals surface area contributed by atoms with Crippen molar-refractivity contribution in [1.29, 1.82) is 5.26 Å². The van der Waals surface area contributed by atoms with Crippen LogP contribution < -0.4 is 0 Å². The third kappa shape index (κ3) is 2.16. The number of halogens is 1. The Kier molecular flexibility index (Phi) is 1.76. The van der Waals surface area contributed by atoms with E-state index in [-0.39, 0.29) is 6.42 Å². The van der Waals surface area contributed by atoms with Crippen molar-refractivity contribution in [3.63, 3.8) is 0 Å². The molecule has 40 valence electrons. The van der Waals surface area contributed by atoms with Gasteiger partial charge in [0.2, 0.25) is 0 Å². The molecule has 7 heavy (non-hydrogen) atoms. The molecule has 2 heteroatoms. The lowest BCUT2D eigenvalue weighted by atomic mass is 10.1. The maximum absolute atomic E-state index is 12.2. The SMILES string of the molecule is CCC(C)(F)C#N. The zero-order valence-corrected chi connectivity index (χ0v) is 4.53. The van der Waals surface area contributed by atoms with Crippen molar-refractivity contribution in [2.24, 2.45) is 0 Å². The van der Waals surface area contributed by atoms with Crippen LogP contribution in [0.5, 0.6) is 0 Å². The first-order valence-corrected chi connectivity index (χ1v) is 2.22. The molecule has 0 aliphatic rings. The molecule has 0 heterocycles. The molecule has 0 aliphatic heterocycles. The van der Waals surface area contributed by atoms with Crippen LogP contribution in [0.4, 0.5) is 4.39 Å². The first-order valence-electron chi connectivity index (χ1n) is 2.22. The Morgan fingerprint density at radius 1 is 1.86 bits per heavy atom. The predicted molar refractivity (Wildman–Crippen MR) is 25.4 cm³/mol. The zero-order valence-electron chi connectivity index (χ0n) is 4.53. The average Bonchev–Trinajstić information content (AvgIpc) is 1.68. The van der Waals surface area contributed by atoms with Crippen LogP contribution >= 0.6 is 0 Å².